The van der Waals surface area contributed by atoms with Gasteiger partial charge in [0, 0.05) is 12.4 Å². The van der Waals surface area contributed by atoms with Gasteiger partial charge in [0.1, 0.15) is 5.82 Å². The summed E-state index contributed by atoms with van der Waals surface area (Å²) in [5.41, 5.74) is 2.26. The Morgan fingerprint density at radius 1 is 1.58 bits per heavy atom. The van der Waals surface area contributed by atoms with E-state index in [0.29, 0.717) is 0 Å². The molecule has 2 nitrogen and oxygen atoms in total. The van der Waals surface area contributed by atoms with Crippen LogP contribution in [0.5, 0.6) is 0 Å². The SMILES string of the molecule is C=Cc1nc(C)cn1C=C(C)C. The van der Waals surface area contributed by atoms with Gasteiger partial charge in [-0.3, -0.25) is 0 Å². The molecule has 2 heteroatoms. The Balaban J connectivity index is 3.13. The molecule has 0 spiro atoms. The lowest BCUT2D eigenvalue weighted by molar-refractivity contribution is 1.09. The molecule has 12 heavy (non-hydrogen) atoms. The molecule has 0 radical (unpaired) electrons. The first kappa shape index (κ1) is 8.78. The highest BCUT2D eigenvalue weighted by Gasteiger charge is 1.97. The van der Waals surface area contributed by atoms with Crippen LogP contribution in [0, 0.1) is 6.92 Å². The fourth-order valence-electron chi connectivity index (χ4n) is 1.07. The quantitative estimate of drug-likeness (QED) is 0.653. The van der Waals surface area contributed by atoms with Crippen molar-refractivity contribution in [2.75, 3.05) is 0 Å². The molecule has 0 aliphatic carbocycles. The Hall–Kier alpha value is -1.31. The zero-order valence-electron chi connectivity index (χ0n) is 7.83. The Labute approximate surface area is 73.2 Å². The first-order chi connectivity index (χ1) is 5.63. The van der Waals surface area contributed by atoms with Crippen LogP contribution in [0.1, 0.15) is 25.4 Å². The summed E-state index contributed by atoms with van der Waals surface area (Å²) >= 11 is 0. The highest BCUT2D eigenvalue weighted by atomic mass is 15.0. The number of aromatic nitrogens is 2. The lowest BCUT2D eigenvalue weighted by atomic mass is 10.4. The Morgan fingerprint density at radius 3 is 2.75 bits per heavy atom. The fourth-order valence-corrected chi connectivity index (χ4v) is 1.07. The molecule has 1 aromatic heterocycles. The van der Waals surface area contributed by atoms with Crippen LogP contribution in [-0.2, 0) is 0 Å². The maximum atomic E-state index is 4.28. The molecule has 0 unspecified atom stereocenters. The Bertz CT molecular complexity index is 315. The van der Waals surface area contributed by atoms with E-state index in [1.54, 1.807) is 6.08 Å². The van der Waals surface area contributed by atoms with Crippen LogP contribution in [0.3, 0.4) is 0 Å². The highest BCUT2D eigenvalue weighted by molar-refractivity contribution is 5.44. The number of hydrogen-bond donors (Lipinski definition) is 0. The molecule has 1 rings (SSSR count). The summed E-state index contributed by atoms with van der Waals surface area (Å²) in [5, 5.41) is 0. The molecule has 0 fully saturated rings. The second-order valence-electron chi connectivity index (χ2n) is 3.06. The van der Waals surface area contributed by atoms with Crippen molar-refractivity contribution in [1.29, 1.82) is 0 Å². The van der Waals surface area contributed by atoms with Gasteiger partial charge in [0.15, 0.2) is 0 Å². The van der Waals surface area contributed by atoms with Gasteiger partial charge in [-0.2, -0.15) is 0 Å². The van der Waals surface area contributed by atoms with E-state index in [9.17, 15) is 0 Å². The van der Waals surface area contributed by atoms with Crippen LogP contribution >= 0.6 is 0 Å². The average molecular weight is 162 g/mol. The van der Waals surface area contributed by atoms with Gasteiger partial charge in [-0.25, -0.2) is 4.98 Å². The van der Waals surface area contributed by atoms with E-state index in [4.69, 9.17) is 0 Å². The van der Waals surface area contributed by atoms with Crippen molar-refractivity contribution in [3.63, 3.8) is 0 Å². The summed E-state index contributed by atoms with van der Waals surface area (Å²) in [7, 11) is 0. The molecular formula is C10H14N2. The number of hydrogen-bond acceptors (Lipinski definition) is 1. The van der Waals surface area contributed by atoms with E-state index >= 15 is 0 Å². The van der Waals surface area contributed by atoms with Gasteiger partial charge in [-0.05, 0) is 26.8 Å². The molecule has 0 aliphatic rings. The number of aryl methyl sites for hydroxylation is 1. The highest BCUT2D eigenvalue weighted by Crippen LogP contribution is 2.06. The van der Waals surface area contributed by atoms with E-state index in [1.807, 2.05) is 23.9 Å². The van der Waals surface area contributed by atoms with E-state index in [-0.39, 0.29) is 0 Å². The van der Waals surface area contributed by atoms with Crippen LogP contribution in [0.25, 0.3) is 12.3 Å². The fraction of sp³-hybridized carbons (Fsp3) is 0.300. The summed E-state index contributed by atoms with van der Waals surface area (Å²) in [4.78, 5) is 4.28. The van der Waals surface area contributed by atoms with Gasteiger partial charge in [0.2, 0.25) is 0 Å². The second kappa shape index (κ2) is 3.39. The zero-order chi connectivity index (χ0) is 9.14. The van der Waals surface area contributed by atoms with E-state index in [1.165, 1.54) is 5.57 Å². The predicted octanol–water partition coefficient (Wildman–Crippen LogP) is 2.72. The van der Waals surface area contributed by atoms with Crippen LogP contribution in [0.4, 0.5) is 0 Å². The Morgan fingerprint density at radius 2 is 2.25 bits per heavy atom. The van der Waals surface area contributed by atoms with Crippen LogP contribution in [0.2, 0.25) is 0 Å². The lowest BCUT2D eigenvalue weighted by Gasteiger charge is -1.96. The largest absolute Gasteiger partial charge is 0.307 e. The first-order valence-corrected chi connectivity index (χ1v) is 3.96. The molecule has 0 amide bonds. The number of imidazole rings is 1. The first-order valence-electron chi connectivity index (χ1n) is 3.96. The van der Waals surface area contributed by atoms with Gasteiger partial charge < -0.3 is 4.57 Å². The third-order valence-electron chi connectivity index (χ3n) is 1.46. The van der Waals surface area contributed by atoms with Gasteiger partial charge >= 0.3 is 0 Å². The third-order valence-corrected chi connectivity index (χ3v) is 1.46. The van der Waals surface area contributed by atoms with Crippen molar-refractivity contribution in [3.8, 4) is 0 Å². The summed E-state index contributed by atoms with van der Waals surface area (Å²) in [6.07, 6.45) is 5.79. The second-order valence-corrected chi connectivity index (χ2v) is 3.06. The summed E-state index contributed by atoms with van der Waals surface area (Å²) in [6.45, 7) is 9.79. The molecule has 0 saturated heterocycles. The molecule has 0 N–H and O–H groups in total. The van der Waals surface area contributed by atoms with Crippen molar-refractivity contribution < 1.29 is 0 Å². The van der Waals surface area contributed by atoms with Gasteiger partial charge in [-0.1, -0.05) is 12.2 Å². The molecule has 0 aromatic carbocycles. The van der Waals surface area contributed by atoms with Crippen molar-refractivity contribution in [1.82, 2.24) is 9.55 Å². The van der Waals surface area contributed by atoms with Crippen molar-refractivity contribution >= 4 is 12.3 Å². The number of allylic oxidation sites excluding steroid dienone is 1. The van der Waals surface area contributed by atoms with Gasteiger partial charge in [0.05, 0.1) is 5.69 Å². The average Bonchev–Trinajstić information content (AvgIpc) is 2.29. The summed E-state index contributed by atoms with van der Waals surface area (Å²) < 4.78 is 1.98. The van der Waals surface area contributed by atoms with Crippen molar-refractivity contribution in [2.24, 2.45) is 0 Å². The maximum absolute atomic E-state index is 4.28. The lowest BCUT2D eigenvalue weighted by Crippen LogP contribution is -1.88. The van der Waals surface area contributed by atoms with Crippen LogP contribution in [0.15, 0.2) is 18.3 Å². The normalized spacial score (nSPS) is 9.58. The third kappa shape index (κ3) is 1.84. The van der Waals surface area contributed by atoms with Gasteiger partial charge in [0.25, 0.3) is 0 Å². The maximum Gasteiger partial charge on any atom is 0.136 e. The van der Waals surface area contributed by atoms with Crippen LogP contribution in [-0.4, -0.2) is 9.55 Å². The summed E-state index contributed by atoms with van der Waals surface area (Å²) in [5.74, 6) is 0.897. The number of nitrogens with zero attached hydrogens (tertiary/aromatic N) is 2. The summed E-state index contributed by atoms with van der Waals surface area (Å²) in [6, 6.07) is 0. The Kier molecular flexibility index (Phi) is 2.48. The minimum absolute atomic E-state index is 0.897. The standard InChI is InChI=1S/C10H14N2/c1-5-10-11-9(4)7-12(10)6-8(2)3/h5-7H,1H2,2-4H3. The van der Waals surface area contributed by atoms with Crippen LogP contribution < -0.4 is 0 Å². The molecule has 0 atom stereocenters. The molecular weight excluding hydrogens is 148 g/mol. The molecule has 1 aromatic rings. The van der Waals surface area contributed by atoms with E-state index in [2.05, 4.69) is 25.4 Å². The molecule has 0 aliphatic heterocycles. The van der Waals surface area contributed by atoms with Crippen molar-refractivity contribution in [3.05, 3.63) is 29.9 Å². The number of rotatable bonds is 2. The monoisotopic (exact) mass is 162 g/mol. The molecule has 0 saturated carbocycles. The minimum Gasteiger partial charge on any atom is -0.307 e. The predicted molar refractivity (Wildman–Crippen MR) is 52.7 cm³/mol. The topological polar surface area (TPSA) is 17.8 Å². The minimum atomic E-state index is 0.897. The molecule has 1 heterocycles. The van der Waals surface area contributed by atoms with Gasteiger partial charge in [-0.15, -0.1) is 0 Å². The molecule has 64 valence electrons. The molecule has 0 bridgehead atoms. The smallest absolute Gasteiger partial charge is 0.136 e. The van der Waals surface area contributed by atoms with E-state index in [0.717, 1.165) is 11.5 Å². The van der Waals surface area contributed by atoms with E-state index < -0.39 is 0 Å². The van der Waals surface area contributed by atoms with Crippen molar-refractivity contribution in [2.45, 2.75) is 20.8 Å². The zero-order valence-corrected chi connectivity index (χ0v) is 7.83.